The van der Waals surface area contributed by atoms with Crippen molar-refractivity contribution in [1.82, 2.24) is 0 Å². The molecule has 0 aliphatic carbocycles. The minimum atomic E-state index is -0.866. The highest BCUT2D eigenvalue weighted by atomic mass is 16.4. The van der Waals surface area contributed by atoms with E-state index in [-0.39, 0.29) is 0 Å². The van der Waals surface area contributed by atoms with Crippen LogP contribution in [0.3, 0.4) is 0 Å². The molecular formula is C13H19NO2. The van der Waals surface area contributed by atoms with Gasteiger partial charge in [-0.15, -0.1) is 0 Å². The molecular weight excluding hydrogens is 202 g/mol. The number of anilines is 1. The van der Waals surface area contributed by atoms with Crippen LogP contribution in [0.5, 0.6) is 0 Å². The number of nitrogens with zero attached hydrogens (tertiary/aromatic N) is 1. The lowest BCUT2D eigenvalue weighted by atomic mass is 10.2. The number of aromatic carboxylic acids is 1. The molecule has 0 aliphatic rings. The van der Waals surface area contributed by atoms with Crippen LogP contribution in [0, 0.1) is 0 Å². The van der Waals surface area contributed by atoms with Gasteiger partial charge in [-0.05, 0) is 31.0 Å². The van der Waals surface area contributed by atoms with E-state index in [1.54, 1.807) is 18.2 Å². The average molecular weight is 221 g/mol. The van der Waals surface area contributed by atoms with Crippen LogP contribution in [0.1, 0.15) is 37.0 Å². The zero-order chi connectivity index (χ0) is 12.0. The van der Waals surface area contributed by atoms with Crippen molar-refractivity contribution in [3.63, 3.8) is 0 Å². The Morgan fingerprint density at radius 1 is 1.25 bits per heavy atom. The fourth-order valence-corrected chi connectivity index (χ4v) is 1.75. The Morgan fingerprint density at radius 3 is 2.38 bits per heavy atom. The molecule has 3 heteroatoms. The van der Waals surface area contributed by atoms with Crippen molar-refractivity contribution >= 4 is 11.7 Å². The first-order valence-corrected chi connectivity index (χ1v) is 5.77. The number of carboxylic acids is 1. The minimum Gasteiger partial charge on any atom is -0.478 e. The fourth-order valence-electron chi connectivity index (χ4n) is 1.75. The summed E-state index contributed by atoms with van der Waals surface area (Å²) in [5.74, 6) is -0.866. The molecule has 1 rings (SSSR count). The van der Waals surface area contributed by atoms with Gasteiger partial charge in [0.15, 0.2) is 0 Å². The lowest BCUT2D eigenvalue weighted by molar-refractivity contribution is 0.0697. The van der Waals surface area contributed by atoms with Crippen LogP contribution in [0.2, 0.25) is 0 Å². The van der Waals surface area contributed by atoms with Crippen LogP contribution in [-0.2, 0) is 0 Å². The summed E-state index contributed by atoms with van der Waals surface area (Å²) in [5, 5.41) is 8.93. The zero-order valence-electron chi connectivity index (χ0n) is 9.94. The first kappa shape index (κ1) is 12.6. The SMILES string of the molecule is CCCN(CCC)c1cccc(C(=O)O)c1. The van der Waals surface area contributed by atoms with Crippen molar-refractivity contribution in [3.05, 3.63) is 29.8 Å². The normalized spacial score (nSPS) is 10.1. The van der Waals surface area contributed by atoms with E-state index >= 15 is 0 Å². The van der Waals surface area contributed by atoms with Gasteiger partial charge >= 0.3 is 5.97 Å². The van der Waals surface area contributed by atoms with Gasteiger partial charge in [0.05, 0.1) is 5.56 Å². The molecule has 0 heterocycles. The molecule has 0 atom stereocenters. The molecule has 16 heavy (non-hydrogen) atoms. The lowest BCUT2D eigenvalue weighted by Crippen LogP contribution is -2.25. The van der Waals surface area contributed by atoms with Gasteiger partial charge in [-0.25, -0.2) is 4.79 Å². The zero-order valence-corrected chi connectivity index (χ0v) is 9.94. The highest BCUT2D eigenvalue weighted by Crippen LogP contribution is 2.17. The Hall–Kier alpha value is -1.51. The summed E-state index contributed by atoms with van der Waals surface area (Å²) in [6.07, 6.45) is 2.13. The van der Waals surface area contributed by atoms with Crippen molar-refractivity contribution < 1.29 is 9.90 Å². The first-order chi connectivity index (χ1) is 7.69. The number of carboxylic acid groups (broad SMARTS) is 1. The monoisotopic (exact) mass is 221 g/mol. The fraction of sp³-hybridized carbons (Fsp3) is 0.462. The molecule has 0 radical (unpaired) electrons. The third-order valence-electron chi connectivity index (χ3n) is 2.45. The van der Waals surface area contributed by atoms with E-state index in [1.165, 1.54) is 0 Å². The molecule has 0 spiro atoms. The number of hydrogen-bond donors (Lipinski definition) is 1. The molecule has 0 amide bonds. The number of hydrogen-bond acceptors (Lipinski definition) is 2. The molecule has 3 nitrogen and oxygen atoms in total. The van der Waals surface area contributed by atoms with Crippen molar-refractivity contribution in [2.45, 2.75) is 26.7 Å². The van der Waals surface area contributed by atoms with E-state index in [2.05, 4.69) is 18.7 Å². The molecule has 0 aliphatic heterocycles. The van der Waals surface area contributed by atoms with Gasteiger partial charge in [-0.1, -0.05) is 19.9 Å². The molecule has 0 saturated carbocycles. The molecule has 0 fully saturated rings. The second kappa shape index (κ2) is 6.16. The average Bonchev–Trinajstić information content (AvgIpc) is 2.29. The van der Waals surface area contributed by atoms with Crippen molar-refractivity contribution in [1.29, 1.82) is 0 Å². The molecule has 0 aromatic heterocycles. The summed E-state index contributed by atoms with van der Waals surface area (Å²) in [4.78, 5) is 13.1. The predicted molar refractivity (Wildman–Crippen MR) is 66.2 cm³/mol. The highest BCUT2D eigenvalue weighted by molar-refractivity contribution is 5.88. The van der Waals surface area contributed by atoms with Gasteiger partial charge in [0.2, 0.25) is 0 Å². The maximum absolute atomic E-state index is 10.9. The van der Waals surface area contributed by atoms with E-state index in [4.69, 9.17) is 5.11 Å². The summed E-state index contributed by atoms with van der Waals surface area (Å²) >= 11 is 0. The summed E-state index contributed by atoms with van der Waals surface area (Å²) in [6, 6.07) is 7.14. The van der Waals surface area contributed by atoms with Gasteiger partial charge in [0.1, 0.15) is 0 Å². The highest BCUT2D eigenvalue weighted by Gasteiger charge is 2.07. The van der Waals surface area contributed by atoms with Crippen LogP contribution in [0.15, 0.2) is 24.3 Å². The first-order valence-electron chi connectivity index (χ1n) is 5.77. The number of carbonyl (C=O) groups is 1. The second-order valence-electron chi connectivity index (χ2n) is 3.84. The smallest absolute Gasteiger partial charge is 0.335 e. The van der Waals surface area contributed by atoms with Crippen LogP contribution in [-0.4, -0.2) is 24.2 Å². The maximum atomic E-state index is 10.9. The molecule has 88 valence electrons. The number of rotatable bonds is 6. The largest absolute Gasteiger partial charge is 0.478 e. The van der Waals surface area contributed by atoms with Crippen molar-refractivity contribution in [2.24, 2.45) is 0 Å². The van der Waals surface area contributed by atoms with Crippen molar-refractivity contribution in [3.8, 4) is 0 Å². The predicted octanol–water partition coefficient (Wildman–Crippen LogP) is 3.01. The Kier molecular flexibility index (Phi) is 4.83. The van der Waals surface area contributed by atoms with Gasteiger partial charge in [0.25, 0.3) is 0 Å². The minimum absolute atomic E-state index is 0.356. The van der Waals surface area contributed by atoms with Crippen molar-refractivity contribution in [2.75, 3.05) is 18.0 Å². The van der Waals surface area contributed by atoms with E-state index in [0.29, 0.717) is 5.56 Å². The molecule has 0 bridgehead atoms. The van der Waals surface area contributed by atoms with Gasteiger partial charge in [-0.2, -0.15) is 0 Å². The molecule has 1 N–H and O–H groups in total. The van der Waals surface area contributed by atoms with E-state index in [9.17, 15) is 4.79 Å². The van der Waals surface area contributed by atoms with Gasteiger partial charge in [-0.3, -0.25) is 0 Å². The Balaban J connectivity index is 2.90. The quantitative estimate of drug-likeness (QED) is 0.802. The third-order valence-corrected chi connectivity index (χ3v) is 2.45. The Morgan fingerprint density at radius 2 is 1.88 bits per heavy atom. The van der Waals surface area contributed by atoms with Crippen LogP contribution >= 0.6 is 0 Å². The lowest BCUT2D eigenvalue weighted by Gasteiger charge is -2.23. The summed E-state index contributed by atoms with van der Waals surface area (Å²) in [5.41, 5.74) is 1.36. The van der Waals surface area contributed by atoms with Crippen LogP contribution in [0.4, 0.5) is 5.69 Å². The van der Waals surface area contributed by atoms with E-state index in [1.807, 2.05) is 6.07 Å². The summed E-state index contributed by atoms with van der Waals surface area (Å²) in [7, 11) is 0. The van der Waals surface area contributed by atoms with E-state index < -0.39 is 5.97 Å². The third kappa shape index (κ3) is 3.26. The Labute approximate surface area is 96.7 Å². The molecule has 1 aromatic carbocycles. The summed E-state index contributed by atoms with van der Waals surface area (Å²) in [6.45, 7) is 6.20. The van der Waals surface area contributed by atoms with Gasteiger partial charge in [0, 0.05) is 18.8 Å². The van der Waals surface area contributed by atoms with Crippen LogP contribution in [0.25, 0.3) is 0 Å². The number of benzene rings is 1. The van der Waals surface area contributed by atoms with E-state index in [0.717, 1.165) is 31.6 Å². The maximum Gasteiger partial charge on any atom is 0.335 e. The molecule has 0 saturated heterocycles. The second-order valence-corrected chi connectivity index (χ2v) is 3.84. The summed E-state index contributed by atoms with van der Waals surface area (Å²) < 4.78 is 0. The Bertz CT molecular complexity index is 344. The van der Waals surface area contributed by atoms with Crippen LogP contribution < -0.4 is 4.90 Å². The standard InChI is InChI=1S/C13H19NO2/c1-3-8-14(9-4-2)12-7-5-6-11(10-12)13(15)16/h5-7,10H,3-4,8-9H2,1-2H3,(H,15,16). The van der Waals surface area contributed by atoms with Gasteiger partial charge < -0.3 is 10.0 Å². The topological polar surface area (TPSA) is 40.5 Å². The molecule has 0 unspecified atom stereocenters. The molecule has 1 aromatic rings.